The van der Waals surface area contributed by atoms with Gasteiger partial charge in [0.15, 0.2) is 5.75 Å². The molecule has 77 valence electrons. The standard InChI is InChI=1S/C13H19O/c1-8-7-9(2)12(14)11(10(8)3)13(4,5)6/h7H,1-6H3. The first-order chi connectivity index (χ1) is 6.25. The third kappa shape index (κ3) is 1.77. The maximum atomic E-state index is 12.0. The first-order valence-corrected chi connectivity index (χ1v) is 5.03. The minimum atomic E-state index is -0.0576. The Kier molecular flexibility index (Phi) is 2.62. The van der Waals surface area contributed by atoms with Gasteiger partial charge in [0.25, 0.3) is 0 Å². The van der Waals surface area contributed by atoms with E-state index in [2.05, 4.69) is 27.7 Å². The highest BCUT2D eigenvalue weighted by atomic mass is 16.3. The number of hydrogen-bond acceptors (Lipinski definition) is 0. The molecular formula is C13H19O. The molecule has 1 aromatic carbocycles. The maximum Gasteiger partial charge on any atom is 0.185 e. The predicted octanol–water partition coefficient (Wildman–Crippen LogP) is 4.05. The van der Waals surface area contributed by atoms with Crippen LogP contribution in [-0.2, 0) is 10.5 Å². The monoisotopic (exact) mass is 191 g/mol. The number of aryl methyl sites for hydroxylation is 2. The molecule has 0 heterocycles. The summed E-state index contributed by atoms with van der Waals surface area (Å²) in [7, 11) is 0. The van der Waals surface area contributed by atoms with Crippen molar-refractivity contribution in [3.05, 3.63) is 28.3 Å². The van der Waals surface area contributed by atoms with Gasteiger partial charge in [-0.05, 0) is 42.9 Å². The molecule has 0 fully saturated rings. The van der Waals surface area contributed by atoms with Crippen molar-refractivity contribution in [2.75, 3.05) is 0 Å². The van der Waals surface area contributed by atoms with Gasteiger partial charge >= 0.3 is 0 Å². The second-order valence-corrected chi connectivity index (χ2v) is 5.09. The van der Waals surface area contributed by atoms with Crippen LogP contribution in [0.15, 0.2) is 6.07 Å². The fourth-order valence-corrected chi connectivity index (χ4v) is 1.97. The van der Waals surface area contributed by atoms with E-state index in [1.807, 2.05) is 19.9 Å². The minimum Gasteiger partial charge on any atom is -0.289 e. The summed E-state index contributed by atoms with van der Waals surface area (Å²) in [6.07, 6.45) is 0. The van der Waals surface area contributed by atoms with Crippen molar-refractivity contribution >= 4 is 0 Å². The van der Waals surface area contributed by atoms with Crippen LogP contribution in [0.4, 0.5) is 0 Å². The second kappa shape index (κ2) is 3.30. The highest BCUT2D eigenvalue weighted by Gasteiger charge is 2.23. The summed E-state index contributed by atoms with van der Waals surface area (Å²) >= 11 is 0. The molecule has 0 bridgehead atoms. The van der Waals surface area contributed by atoms with E-state index in [1.54, 1.807) is 0 Å². The molecule has 0 atom stereocenters. The Bertz CT molecular complexity index is 330. The number of hydrogen-bond donors (Lipinski definition) is 0. The summed E-state index contributed by atoms with van der Waals surface area (Å²) in [6, 6.07) is 1.98. The molecule has 0 N–H and O–H groups in total. The first-order valence-electron chi connectivity index (χ1n) is 5.03. The molecule has 1 aromatic rings. The Morgan fingerprint density at radius 1 is 1.00 bits per heavy atom. The summed E-state index contributed by atoms with van der Waals surface area (Å²) in [5.41, 5.74) is 4.13. The highest BCUT2D eigenvalue weighted by Crippen LogP contribution is 2.37. The summed E-state index contributed by atoms with van der Waals surface area (Å²) in [6.45, 7) is 12.3. The molecule has 1 radical (unpaired) electrons. The third-order valence-electron chi connectivity index (χ3n) is 2.73. The fraction of sp³-hybridized carbons (Fsp3) is 0.538. The normalized spacial score (nSPS) is 11.9. The zero-order valence-electron chi connectivity index (χ0n) is 9.99. The molecule has 0 aromatic heterocycles. The average molecular weight is 191 g/mol. The summed E-state index contributed by atoms with van der Waals surface area (Å²) in [4.78, 5) is 0. The molecule has 1 rings (SSSR count). The molecule has 14 heavy (non-hydrogen) atoms. The van der Waals surface area contributed by atoms with Gasteiger partial charge in [-0.3, -0.25) is 5.11 Å². The van der Waals surface area contributed by atoms with Crippen LogP contribution in [0.2, 0.25) is 0 Å². The largest absolute Gasteiger partial charge is 0.289 e. The molecule has 0 saturated heterocycles. The van der Waals surface area contributed by atoms with Gasteiger partial charge in [-0.1, -0.05) is 26.8 Å². The minimum absolute atomic E-state index is 0.0576. The Morgan fingerprint density at radius 3 is 1.93 bits per heavy atom. The van der Waals surface area contributed by atoms with Gasteiger partial charge < -0.3 is 0 Å². The Morgan fingerprint density at radius 2 is 1.50 bits per heavy atom. The van der Waals surface area contributed by atoms with E-state index in [0.29, 0.717) is 0 Å². The molecule has 0 aliphatic heterocycles. The SMILES string of the molecule is Cc1cc(C)c([O])c(C(C)(C)C)c1C. The van der Waals surface area contributed by atoms with E-state index in [4.69, 9.17) is 0 Å². The van der Waals surface area contributed by atoms with Crippen molar-refractivity contribution in [1.82, 2.24) is 0 Å². The topological polar surface area (TPSA) is 19.9 Å². The zero-order chi connectivity index (χ0) is 11.1. The van der Waals surface area contributed by atoms with Gasteiger partial charge in [0.2, 0.25) is 0 Å². The third-order valence-corrected chi connectivity index (χ3v) is 2.73. The first kappa shape index (κ1) is 11.1. The lowest BCUT2D eigenvalue weighted by Gasteiger charge is -2.24. The fourth-order valence-electron chi connectivity index (χ4n) is 1.97. The van der Waals surface area contributed by atoms with Crippen LogP contribution < -0.4 is 0 Å². The van der Waals surface area contributed by atoms with Crippen LogP contribution in [0.1, 0.15) is 43.0 Å². The van der Waals surface area contributed by atoms with Crippen LogP contribution >= 0.6 is 0 Å². The van der Waals surface area contributed by atoms with Gasteiger partial charge in [-0.2, -0.15) is 0 Å². The van der Waals surface area contributed by atoms with Crippen LogP contribution in [0, 0.1) is 20.8 Å². The molecule has 0 aliphatic carbocycles. The van der Waals surface area contributed by atoms with E-state index in [1.165, 1.54) is 5.56 Å². The van der Waals surface area contributed by atoms with Crippen molar-refractivity contribution in [3.8, 4) is 5.75 Å². The average Bonchev–Trinajstić information content (AvgIpc) is 1.98. The van der Waals surface area contributed by atoms with Gasteiger partial charge in [0.05, 0.1) is 0 Å². The van der Waals surface area contributed by atoms with Crippen molar-refractivity contribution in [1.29, 1.82) is 0 Å². The summed E-state index contributed by atoms with van der Waals surface area (Å²) < 4.78 is 0. The second-order valence-electron chi connectivity index (χ2n) is 5.09. The predicted molar refractivity (Wildman–Crippen MR) is 59.5 cm³/mol. The van der Waals surface area contributed by atoms with Gasteiger partial charge in [-0.15, -0.1) is 0 Å². The van der Waals surface area contributed by atoms with Crippen LogP contribution in [0.3, 0.4) is 0 Å². The van der Waals surface area contributed by atoms with E-state index < -0.39 is 0 Å². The van der Waals surface area contributed by atoms with Crippen molar-refractivity contribution in [2.24, 2.45) is 0 Å². The van der Waals surface area contributed by atoms with E-state index in [0.717, 1.165) is 16.7 Å². The maximum absolute atomic E-state index is 12.0. The van der Waals surface area contributed by atoms with E-state index >= 15 is 0 Å². The Balaban J connectivity index is 3.56. The number of benzene rings is 1. The molecule has 0 spiro atoms. The lowest BCUT2D eigenvalue weighted by molar-refractivity contribution is 0.337. The molecule has 1 heteroatoms. The van der Waals surface area contributed by atoms with Crippen LogP contribution in [0.5, 0.6) is 5.75 Å². The highest BCUT2D eigenvalue weighted by molar-refractivity contribution is 5.51. The van der Waals surface area contributed by atoms with Crippen molar-refractivity contribution in [3.63, 3.8) is 0 Å². The zero-order valence-corrected chi connectivity index (χ0v) is 9.99. The van der Waals surface area contributed by atoms with Gasteiger partial charge in [0, 0.05) is 5.56 Å². The smallest absolute Gasteiger partial charge is 0.185 e. The molecule has 1 nitrogen and oxygen atoms in total. The van der Waals surface area contributed by atoms with Crippen LogP contribution in [-0.4, -0.2) is 0 Å². The molecule has 0 saturated carbocycles. The van der Waals surface area contributed by atoms with Crippen LogP contribution in [0.25, 0.3) is 0 Å². The molecule has 0 unspecified atom stereocenters. The quantitative estimate of drug-likeness (QED) is 0.589. The van der Waals surface area contributed by atoms with E-state index in [-0.39, 0.29) is 11.2 Å². The van der Waals surface area contributed by atoms with E-state index in [9.17, 15) is 5.11 Å². The molecule has 0 aliphatic rings. The molecular weight excluding hydrogens is 172 g/mol. The van der Waals surface area contributed by atoms with Gasteiger partial charge in [0.1, 0.15) is 0 Å². The Labute approximate surface area is 86.8 Å². The lowest BCUT2D eigenvalue weighted by atomic mass is 9.81. The Hall–Kier alpha value is -0.980. The summed E-state index contributed by atoms with van der Waals surface area (Å²) in [5.74, 6) is 0.209. The van der Waals surface area contributed by atoms with Crippen molar-refractivity contribution < 1.29 is 5.11 Å². The van der Waals surface area contributed by atoms with Gasteiger partial charge in [-0.25, -0.2) is 0 Å². The number of rotatable bonds is 0. The van der Waals surface area contributed by atoms with Crippen molar-refractivity contribution in [2.45, 2.75) is 47.0 Å². The molecule has 0 amide bonds. The lowest BCUT2D eigenvalue weighted by Crippen LogP contribution is -2.14. The summed E-state index contributed by atoms with van der Waals surface area (Å²) in [5, 5.41) is 12.0.